The molecular weight excluding hydrogens is 616 g/mol. The summed E-state index contributed by atoms with van der Waals surface area (Å²) in [5.74, 6) is -0.971. The second-order valence-electron chi connectivity index (χ2n) is 12.5. The molecule has 7 rings (SSSR count). The molecular formula is C35H40N6O5S. The van der Waals surface area contributed by atoms with Crippen LogP contribution in [0.1, 0.15) is 32.6 Å². The van der Waals surface area contributed by atoms with E-state index in [0.29, 0.717) is 39.1 Å². The number of hydrogen-bond donors (Lipinski definition) is 1. The Balaban J connectivity index is 1.22. The minimum Gasteiger partial charge on any atom is -0.494 e. The summed E-state index contributed by atoms with van der Waals surface area (Å²) >= 11 is 1.59. The Bertz CT molecular complexity index is 1710. The predicted molar refractivity (Wildman–Crippen MR) is 180 cm³/mol. The summed E-state index contributed by atoms with van der Waals surface area (Å²) in [5.41, 5.74) is 2.32. The van der Waals surface area contributed by atoms with Gasteiger partial charge in [0.1, 0.15) is 24.0 Å². The lowest BCUT2D eigenvalue weighted by atomic mass is 9.78. The van der Waals surface area contributed by atoms with Crippen LogP contribution < -0.4 is 9.64 Å². The Hall–Kier alpha value is -4.16. The lowest BCUT2D eigenvalue weighted by Crippen LogP contribution is -2.53. The molecule has 4 aliphatic heterocycles. The molecule has 0 aliphatic carbocycles. The number of thioether (sulfide) groups is 1. The number of para-hydroxylation sites is 1. The molecule has 2 aromatic carbocycles. The van der Waals surface area contributed by atoms with Gasteiger partial charge in [0.25, 0.3) is 0 Å². The minimum absolute atomic E-state index is 0.105. The molecule has 1 unspecified atom stereocenters. The Morgan fingerprint density at radius 2 is 1.77 bits per heavy atom. The lowest BCUT2D eigenvalue weighted by Gasteiger charge is -2.35. The quantitative estimate of drug-likeness (QED) is 0.246. The van der Waals surface area contributed by atoms with Gasteiger partial charge in [-0.1, -0.05) is 54.5 Å². The van der Waals surface area contributed by atoms with Crippen molar-refractivity contribution in [1.82, 2.24) is 24.8 Å². The average Bonchev–Trinajstić information content (AvgIpc) is 3.63. The van der Waals surface area contributed by atoms with E-state index in [1.165, 1.54) is 0 Å². The minimum atomic E-state index is -0.893. The van der Waals surface area contributed by atoms with E-state index >= 15 is 0 Å². The Morgan fingerprint density at radius 1 is 0.957 bits per heavy atom. The molecule has 5 heterocycles. The molecule has 0 radical (unpaired) electrons. The number of unbranched alkanes of at least 4 members (excludes halogenated alkanes) is 3. The zero-order valence-corrected chi connectivity index (χ0v) is 27.3. The van der Waals surface area contributed by atoms with Gasteiger partial charge in [0.05, 0.1) is 28.7 Å². The molecule has 3 amide bonds. The first kappa shape index (κ1) is 31.4. The maximum Gasteiger partial charge on any atom is 0.248 e. The highest BCUT2D eigenvalue weighted by molar-refractivity contribution is 8.02. The van der Waals surface area contributed by atoms with Crippen molar-refractivity contribution in [3.63, 3.8) is 0 Å². The van der Waals surface area contributed by atoms with Crippen LogP contribution in [0.2, 0.25) is 0 Å². The second-order valence-corrected chi connectivity index (χ2v) is 14.0. The number of anilines is 1. The number of benzene rings is 2. The van der Waals surface area contributed by atoms with Crippen molar-refractivity contribution in [3.8, 4) is 5.75 Å². The maximum atomic E-state index is 14.7. The van der Waals surface area contributed by atoms with Gasteiger partial charge in [0.2, 0.25) is 17.7 Å². The summed E-state index contributed by atoms with van der Waals surface area (Å²) in [4.78, 5) is 49.1. The Labute approximate surface area is 278 Å². The van der Waals surface area contributed by atoms with Crippen molar-refractivity contribution in [3.05, 3.63) is 72.8 Å². The number of aliphatic hydroxyl groups excluding tert-OH is 1. The normalized spacial score (nSPS) is 26.9. The molecule has 3 aromatic rings. The van der Waals surface area contributed by atoms with E-state index in [9.17, 15) is 19.5 Å². The van der Waals surface area contributed by atoms with Gasteiger partial charge in [-0.25, -0.2) is 4.68 Å². The number of aliphatic hydroxyl groups is 1. The number of rotatable bonds is 11. The first-order valence-corrected chi connectivity index (χ1v) is 17.4. The third kappa shape index (κ3) is 5.50. The van der Waals surface area contributed by atoms with E-state index < -0.39 is 22.6 Å². The van der Waals surface area contributed by atoms with Gasteiger partial charge in [0, 0.05) is 37.2 Å². The zero-order chi connectivity index (χ0) is 32.5. The van der Waals surface area contributed by atoms with Crippen molar-refractivity contribution in [2.24, 2.45) is 11.8 Å². The van der Waals surface area contributed by atoms with E-state index in [0.717, 1.165) is 35.3 Å². The molecule has 246 valence electrons. The van der Waals surface area contributed by atoms with Gasteiger partial charge in [-0.15, -0.1) is 16.9 Å². The highest BCUT2D eigenvalue weighted by Gasteiger charge is 2.71. The number of fused-ring (bicyclic) bond motifs is 3. The van der Waals surface area contributed by atoms with Crippen LogP contribution in [-0.4, -0.2) is 96.5 Å². The first-order valence-electron chi connectivity index (χ1n) is 16.5. The number of carbonyl (C=O) groups is 3. The lowest BCUT2D eigenvalue weighted by molar-refractivity contribution is -0.143. The number of likely N-dealkylation sites (tertiary alicyclic amines) is 1. The van der Waals surface area contributed by atoms with Crippen LogP contribution in [0.5, 0.6) is 5.75 Å². The fraction of sp³-hybridized carbons (Fsp3) is 0.457. The van der Waals surface area contributed by atoms with E-state index in [1.807, 2.05) is 73.7 Å². The third-order valence-electron chi connectivity index (χ3n) is 9.73. The van der Waals surface area contributed by atoms with Crippen molar-refractivity contribution in [1.29, 1.82) is 0 Å². The Kier molecular flexibility index (Phi) is 8.80. The van der Waals surface area contributed by atoms with Gasteiger partial charge in [-0.05, 0) is 56.2 Å². The van der Waals surface area contributed by atoms with Gasteiger partial charge in [-0.3, -0.25) is 14.4 Å². The fourth-order valence-corrected chi connectivity index (χ4v) is 9.61. The van der Waals surface area contributed by atoms with Crippen LogP contribution >= 0.6 is 11.8 Å². The van der Waals surface area contributed by atoms with Crippen molar-refractivity contribution in [2.45, 2.75) is 55.3 Å². The molecule has 2 saturated heterocycles. The fourth-order valence-electron chi connectivity index (χ4n) is 7.60. The van der Waals surface area contributed by atoms with E-state index in [1.54, 1.807) is 31.1 Å². The van der Waals surface area contributed by atoms with Crippen molar-refractivity contribution in [2.75, 3.05) is 37.7 Å². The first-order chi connectivity index (χ1) is 23.0. The topological polar surface area (TPSA) is 121 Å². The summed E-state index contributed by atoms with van der Waals surface area (Å²) < 4.78 is 6.44. The number of hydrogen-bond acceptors (Lipinski definition) is 8. The van der Waals surface area contributed by atoms with Crippen LogP contribution in [0.25, 0.3) is 11.0 Å². The van der Waals surface area contributed by atoms with Crippen molar-refractivity contribution < 1.29 is 24.2 Å². The van der Waals surface area contributed by atoms with Crippen LogP contribution in [0.4, 0.5) is 5.69 Å². The SMILES string of the molecule is CCOc1ccc(N2CC=C[C@H]3S[C@]45C=CCN(Cn6nnc7ccccc76)C(=O)C4N(CCCCCCO)C(=O)[C@@H]5[C@H]3C2=O)cc1. The molecule has 47 heavy (non-hydrogen) atoms. The molecule has 2 fully saturated rings. The van der Waals surface area contributed by atoms with Crippen molar-refractivity contribution >= 4 is 46.2 Å². The Morgan fingerprint density at radius 3 is 2.57 bits per heavy atom. The number of aromatic nitrogens is 3. The van der Waals surface area contributed by atoms with E-state index in [4.69, 9.17) is 4.74 Å². The van der Waals surface area contributed by atoms with Crippen LogP contribution in [0, 0.1) is 11.8 Å². The molecule has 1 aromatic heterocycles. The second kappa shape index (κ2) is 13.2. The van der Waals surface area contributed by atoms with Gasteiger partial charge in [0.15, 0.2) is 0 Å². The largest absolute Gasteiger partial charge is 0.494 e. The molecule has 11 nitrogen and oxygen atoms in total. The standard InChI is InChI=1S/C35H40N6O5S/c1-2-46-25-16-14-24(15-17-25)39-21-9-13-28-29(32(39)43)30-33(44)40(20-7-3-4-8-22-42)31-34(45)38(19-10-18-35(30,31)47-28)23-41-27-12-6-5-11-26(27)36-37-41/h5-6,9-18,28-31,42H,2-4,7-8,19-23H2,1H3/t28-,29+,30+,31?,35+/m1/s1. The molecule has 0 saturated carbocycles. The highest BCUT2D eigenvalue weighted by Crippen LogP contribution is 2.61. The van der Waals surface area contributed by atoms with Crippen LogP contribution in [0.3, 0.4) is 0 Å². The molecule has 4 aliphatic rings. The number of carbonyl (C=O) groups excluding carboxylic acids is 3. The average molecular weight is 657 g/mol. The van der Waals surface area contributed by atoms with Crippen LogP contribution in [-0.2, 0) is 21.1 Å². The summed E-state index contributed by atoms with van der Waals surface area (Å²) in [7, 11) is 0. The molecule has 12 heteroatoms. The molecule has 1 spiro atoms. The predicted octanol–water partition coefficient (Wildman–Crippen LogP) is 3.64. The smallest absolute Gasteiger partial charge is 0.248 e. The van der Waals surface area contributed by atoms with Gasteiger partial charge in [-0.2, -0.15) is 0 Å². The molecule has 1 N–H and O–H groups in total. The van der Waals surface area contributed by atoms with Crippen LogP contribution in [0.15, 0.2) is 72.8 Å². The summed E-state index contributed by atoms with van der Waals surface area (Å²) in [6.45, 7) is 3.98. The monoisotopic (exact) mass is 656 g/mol. The molecule has 5 atom stereocenters. The summed E-state index contributed by atoms with van der Waals surface area (Å²) in [6.07, 6.45) is 11.2. The maximum absolute atomic E-state index is 14.7. The van der Waals surface area contributed by atoms with Gasteiger partial charge < -0.3 is 24.5 Å². The highest BCUT2D eigenvalue weighted by atomic mass is 32.2. The zero-order valence-electron chi connectivity index (χ0n) is 26.5. The van der Waals surface area contributed by atoms with E-state index in [2.05, 4.69) is 16.4 Å². The van der Waals surface area contributed by atoms with Gasteiger partial charge >= 0.3 is 0 Å². The molecule has 0 bridgehead atoms. The third-order valence-corrected chi connectivity index (χ3v) is 11.5. The summed E-state index contributed by atoms with van der Waals surface area (Å²) in [6, 6.07) is 14.4. The summed E-state index contributed by atoms with van der Waals surface area (Å²) in [5, 5.41) is 17.6. The number of ether oxygens (including phenoxy) is 1. The number of amides is 3. The number of nitrogens with zero attached hydrogens (tertiary/aromatic N) is 6. The van der Waals surface area contributed by atoms with E-state index in [-0.39, 0.29) is 36.2 Å².